The number of carbonyl (C=O) groups excluding carboxylic acids is 2. The van der Waals surface area contributed by atoms with Crippen molar-refractivity contribution in [2.24, 2.45) is 0 Å². The van der Waals surface area contributed by atoms with E-state index in [0.717, 1.165) is 22.5 Å². The predicted octanol–water partition coefficient (Wildman–Crippen LogP) is 4.57. The summed E-state index contributed by atoms with van der Waals surface area (Å²) in [7, 11) is 0. The van der Waals surface area contributed by atoms with Gasteiger partial charge in [0.05, 0.1) is 0 Å². The van der Waals surface area contributed by atoms with E-state index < -0.39 is 0 Å². The Kier molecular flexibility index (Phi) is 6.07. The van der Waals surface area contributed by atoms with Crippen LogP contribution in [0, 0.1) is 13.8 Å². The van der Waals surface area contributed by atoms with E-state index >= 15 is 0 Å². The van der Waals surface area contributed by atoms with E-state index in [4.69, 9.17) is 4.74 Å². The number of nitrogens with one attached hydrogen (secondary N) is 2. The van der Waals surface area contributed by atoms with Gasteiger partial charge in [-0.15, -0.1) is 0 Å². The summed E-state index contributed by atoms with van der Waals surface area (Å²) in [5.74, 6) is 0.0782. The number of para-hydroxylation sites is 1. The van der Waals surface area contributed by atoms with Gasteiger partial charge in [0, 0.05) is 16.9 Å². The van der Waals surface area contributed by atoms with E-state index in [1.807, 2.05) is 50.2 Å². The SMILES string of the molecule is Cc1ccc(NC(=O)c2ccc(OCC(=O)Nc3ccccc3)cc2)c(C)c1. The molecular formula is C23H22N2O3. The molecule has 0 unspecified atom stereocenters. The van der Waals surface area contributed by atoms with Crippen LogP contribution in [0.2, 0.25) is 0 Å². The highest BCUT2D eigenvalue weighted by Gasteiger charge is 2.09. The summed E-state index contributed by atoms with van der Waals surface area (Å²) in [6, 6.07) is 21.7. The fourth-order valence-electron chi connectivity index (χ4n) is 2.72. The molecular weight excluding hydrogens is 352 g/mol. The zero-order valence-corrected chi connectivity index (χ0v) is 15.9. The van der Waals surface area contributed by atoms with Crippen molar-refractivity contribution < 1.29 is 14.3 Å². The maximum Gasteiger partial charge on any atom is 0.262 e. The van der Waals surface area contributed by atoms with Crippen LogP contribution in [0.5, 0.6) is 5.75 Å². The molecule has 0 saturated carbocycles. The lowest BCUT2D eigenvalue weighted by atomic mass is 10.1. The lowest BCUT2D eigenvalue weighted by Gasteiger charge is -2.10. The fraction of sp³-hybridized carbons (Fsp3) is 0.130. The predicted molar refractivity (Wildman–Crippen MR) is 111 cm³/mol. The Bertz CT molecular complexity index is 967. The van der Waals surface area contributed by atoms with Crippen LogP contribution >= 0.6 is 0 Å². The highest BCUT2D eigenvalue weighted by Crippen LogP contribution is 2.18. The summed E-state index contributed by atoms with van der Waals surface area (Å²) < 4.78 is 5.48. The highest BCUT2D eigenvalue weighted by molar-refractivity contribution is 6.04. The summed E-state index contributed by atoms with van der Waals surface area (Å²) >= 11 is 0. The van der Waals surface area contributed by atoms with Crippen molar-refractivity contribution in [1.82, 2.24) is 0 Å². The Morgan fingerprint density at radius 1 is 0.857 bits per heavy atom. The molecule has 142 valence electrons. The first-order valence-electron chi connectivity index (χ1n) is 8.97. The van der Waals surface area contributed by atoms with Gasteiger partial charge in [-0.05, 0) is 61.9 Å². The van der Waals surface area contributed by atoms with Gasteiger partial charge in [-0.25, -0.2) is 0 Å². The monoisotopic (exact) mass is 374 g/mol. The molecule has 0 aromatic heterocycles. The summed E-state index contributed by atoms with van der Waals surface area (Å²) in [6.07, 6.45) is 0. The summed E-state index contributed by atoms with van der Waals surface area (Å²) in [4.78, 5) is 24.3. The summed E-state index contributed by atoms with van der Waals surface area (Å²) in [5, 5.41) is 5.66. The van der Waals surface area contributed by atoms with Crippen LogP contribution in [0.3, 0.4) is 0 Å². The second kappa shape index (κ2) is 8.86. The third-order valence-electron chi connectivity index (χ3n) is 4.17. The Hall–Kier alpha value is -3.60. The van der Waals surface area contributed by atoms with Crippen molar-refractivity contribution >= 4 is 23.2 Å². The minimum absolute atomic E-state index is 0.108. The number of ether oxygens (including phenoxy) is 1. The van der Waals surface area contributed by atoms with E-state index in [9.17, 15) is 9.59 Å². The molecule has 0 aliphatic rings. The molecule has 3 aromatic carbocycles. The molecule has 5 nitrogen and oxygen atoms in total. The van der Waals surface area contributed by atoms with Crippen molar-refractivity contribution in [1.29, 1.82) is 0 Å². The number of benzene rings is 3. The molecule has 0 atom stereocenters. The van der Waals surface area contributed by atoms with E-state index in [-0.39, 0.29) is 18.4 Å². The minimum Gasteiger partial charge on any atom is -0.484 e. The first-order valence-corrected chi connectivity index (χ1v) is 8.97. The largest absolute Gasteiger partial charge is 0.484 e. The van der Waals surface area contributed by atoms with Crippen LogP contribution < -0.4 is 15.4 Å². The van der Waals surface area contributed by atoms with Crippen LogP contribution in [-0.4, -0.2) is 18.4 Å². The maximum atomic E-state index is 12.4. The second-order valence-electron chi connectivity index (χ2n) is 6.50. The van der Waals surface area contributed by atoms with E-state index in [2.05, 4.69) is 10.6 Å². The number of aryl methyl sites for hydroxylation is 2. The van der Waals surface area contributed by atoms with Gasteiger partial charge in [-0.2, -0.15) is 0 Å². The molecule has 0 spiro atoms. The zero-order valence-electron chi connectivity index (χ0n) is 15.9. The third kappa shape index (κ3) is 5.20. The van der Waals surface area contributed by atoms with E-state index in [0.29, 0.717) is 11.3 Å². The molecule has 0 bridgehead atoms. The molecule has 5 heteroatoms. The molecule has 0 fully saturated rings. The maximum absolute atomic E-state index is 12.4. The number of rotatable bonds is 6. The highest BCUT2D eigenvalue weighted by atomic mass is 16.5. The third-order valence-corrected chi connectivity index (χ3v) is 4.17. The van der Waals surface area contributed by atoms with E-state index in [1.54, 1.807) is 36.4 Å². The van der Waals surface area contributed by atoms with Crippen molar-refractivity contribution in [3.05, 3.63) is 89.5 Å². The Morgan fingerprint density at radius 2 is 1.57 bits per heavy atom. The van der Waals surface area contributed by atoms with Crippen molar-refractivity contribution in [3.8, 4) is 5.75 Å². The molecule has 0 heterocycles. The number of hydrogen-bond donors (Lipinski definition) is 2. The van der Waals surface area contributed by atoms with Crippen LogP contribution in [0.4, 0.5) is 11.4 Å². The van der Waals surface area contributed by atoms with E-state index in [1.165, 1.54) is 0 Å². The first-order chi connectivity index (χ1) is 13.5. The smallest absolute Gasteiger partial charge is 0.262 e. The molecule has 0 saturated heterocycles. The minimum atomic E-state index is -0.247. The van der Waals surface area contributed by atoms with Crippen LogP contribution in [0.25, 0.3) is 0 Å². The van der Waals surface area contributed by atoms with Gasteiger partial charge < -0.3 is 15.4 Å². The summed E-state index contributed by atoms with van der Waals surface area (Å²) in [6.45, 7) is 3.86. The average Bonchev–Trinajstić information content (AvgIpc) is 2.69. The molecule has 0 aliphatic heterocycles. The number of carbonyl (C=O) groups is 2. The van der Waals surface area contributed by atoms with Gasteiger partial charge in [0.1, 0.15) is 5.75 Å². The Balaban J connectivity index is 1.54. The van der Waals surface area contributed by atoms with Gasteiger partial charge in [-0.3, -0.25) is 9.59 Å². The normalized spacial score (nSPS) is 10.2. The van der Waals surface area contributed by atoms with Crippen LogP contribution in [0.15, 0.2) is 72.8 Å². The fourth-order valence-corrected chi connectivity index (χ4v) is 2.72. The lowest BCUT2D eigenvalue weighted by molar-refractivity contribution is -0.118. The van der Waals surface area contributed by atoms with Crippen LogP contribution in [-0.2, 0) is 4.79 Å². The van der Waals surface area contributed by atoms with Gasteiger partial charge in [0.15, 0.2) is 6.61 Å². The van der Waals surface area contributed by atoms with Crippen molar-refractivity contribution in [3.63, 3.8) is 0 Å². The van der Waals surface area contributed by atoms with Gasteiger partial charge in [-0.1, -0.05) is 35.9 Å². The number of hydrogen-bond acceptors (Lipinski definition) is 3. The molecule has 2 amide bonds. The zero-order chi connectivity index (χ0) is 19.9. The molecule has 2 N–H and O–H groups in total. The second-order valence-corrected chi connectivity index (χ2v) is 6.50. The quantitative estimate of drug-likeness (QED) is 0.664. The Labute approximate surface area is 164 Å². The molecule has 0 aliphatic carbocycles. The molecule has 0 radical (unpaired) electrons. The Morgan fingerprint density at radius 3 is 2.25 bits per heavy atom. The average molecular weight is 374 g/mol. The number of anilines is 2. The van der Waals surface area contributed by atoms with Gasteiger partial charge >= 0.3 is 0 Å². The number of amides is 2. The first kappa shape index (κ1) is 19.2. The molecule has 3 aromatic rings. The van der Waals surface area contributed by atoms with Gasteiger partial charge in [0.2, 0.25) is 0 Å². The summed E-state index contributed by atoms with van der Waals surface area (Å²) in [5.41, 5.74) is 4.18. The van der Waals surface area contributed by atoms with Crippen LogP contribution in [0.1, 0.15) is 21.5 Å². The molecule has 3 rings (SSSR count). The standard InChI is InChI=1S/C23H22N2O3/c1-16-8-13-21(17(2)14-16)25-23(27)18-9-11-20(12-10-18)28-15-22(26)24-19-6-4-3-5-7-19/h3-14H,15H2,1-2H3,(H,24,26)(H,25,27). The van der Waals surface area contributed by atoms with Crippen molar-refractivity contribution in [2.45, 2.75) is 13.8 Å². The lowest BCUT2D eigenvalue weighted by Crippen LogP contribution is -2.20. The molecule has 28 heavy (non-hydrogen) atoms. The topological polar surface area (TPSA) is 67.4 Å². The van der Waals surface area contributed by atoms with Crippen molar-refractivity contribution in [2.75, 3.05) is 17.2 Å². The van der Waals surface area contributed by atoms with Gasteiger partial charge in [0.25, 0.3) is 11.8 Å².